The summed E-state index contributed by atoms with van der Waals surface area (Å²) in [6.07, 6.45) is -0.897. The van der Waals surface area contributed by atoms with Gasteiger partial charge in [-0.1, -0.05) is 0 Å². The van der Waals surface area contributed by atoms with Gasteiger partial charge in [-0.15, -0.1) is 11.3 Å². The monoisotopic (exact) mass is 292 g/mol. The summed E-state index contributed by atoms with van der Waals surface area (Å²) in [6, 6.07) is -0.0358. The van der Waals surface area contributed by atoms with Crippen LogP contribution >= 0.6 is 11.3 Å². The zero-order chi connectivity index (χ0) is 13.6. The van der Waals surface area contributed by atoms with Crippen molar-refractivity contribution in [2.75, 3.05) is 11.4 Å². The average Bonchev–Trinajstić information content (AvgIpc) is 3.04. The molecule has 2 aliphatic carbocycles. The zero-order valence-electron chi connectivity index (χ0n) is 10.3. The van der Waals surface area contributed by atoms with Gasteiger partial charge in [-0.05, 0) is 32.1 Å². The molecule has 0 aromatic carbocycles. The van der Waals surface area contributed by atoms with Crippen molar-refractivity contribution in [2.24, 2.45) is 0 Å². The Labute approximate surface area is 113 Å². The van der Waals surface area contributed by atoms with Crippen LogP contribution < -0.4 is 4.90 Å². The molecule has 3 nitrogen and oxygen atoms in total. The highest BCUT2D eigenvalue weighted by atomic mass is 32.1. The Morgan fingerprint density at radius 2 is 2.05 bits per heavy atom. The van der Waals surface area contributed by atoms with Crippen molar-refractivity contribution < 1.29 is 18.3 Å². The van der Waals surface area contributed by atoms with Crippen molar-refractivity contribution in [1.29, 1.82) is 0 Å². The van der Waals surface area contributed by atoms with E-state index in [1.54, 1.807) is 0 Å². The highest BCUT2D eigenvalue weighted by Gasteiger charge is 2.40. The average molecular weight is 292 g/mol. The number of fused-ring (bicyclic) bond motifs is 1. The number of hydrogen-bond acceptors (Lipinski definition) is 4. The second kappa shape index (κ2) is 4.63. The molecule has 1 atom stereocenters. The van der Waals surface area contributed by atoms with E-state index in [0.717, 1.165) is 30.6 Å². The third-order valence-electron chi connectivity index (χ3n) is 3.50. The molecule has 1 unspecified atom stereocenters. The van der Waals surface area contributed by atoms with E-state index in [0.29, 0.717) is 17.2 Å². The molecule has 3 rings (SSSR count). The Morgan fingerprint density at radius 3 is 2.63 bits per heavy atom. The molecule has 19 heavy (non-hydrogen) atoms. The van der Waals surface area contributed by atoms with Crippen LogP contribution in [0.1, 0.15) is 42.4 Å². The lowest BCUT2D eigenvalue weighted by molar-refractivity contribution is -0.120. The molecular weight excluding hydrogens is 277 g/mol. The smallest absolute Gasteiger partial charge is 0.387 e. The first-order chi connectivity index (χ1) is 8.94. The SMILES string of the molecule is OC1CCCc2sc(N(CC(F)(F)F)C3CC3)nc21. The predicted molar refractivity (Wildman–Crippen MR) is 66.4 cm³/mol. The van der Waals surface area contributed by atoms with Gasteiger partial charge in [0.25, 0.3) is 0 Å². The summed E-state index contributed by atoms with van der Waals surface area (Å²) in [4.78, 5) is 6.57. The maximum atomic E-state index is 12.6. The first kappa shape index (κ1) is 13.2. The number of hydrogen-bond donors (Lipinski definition) is 1. The van der Waals surface area contributed by atoms with Crippen molar-refractivity contribution in [3.8, 4) is 0 Å². The Morgan fingerprint density at radius 1 is 1.32 bits per heavy atom. The minimum Gasteiger partial charge on any atom is -0.387 e. The molecular formula is C12H15F3N2OS. The lowest BCUT2D eigenvalue weighted by atomic mass is 10.0. The maximum Gasteiger partial charge on any atom is 0.406 e. The van der Waals surface area contributed by atoms with Crippen LogP contribution in [-0.2, 0) is 6.42 Å². The molecule has 1 aromatic rings. The molecule has 0 saturated heterocycles. The normalized spacial score (nSPS) is 23.3. The van der Waals surface area contributed by atoms with Crippen LogP contribution in [0.3, 0.4) is 0 Å². The molecule has 1 aromatic heterocycles. The minimum atomic E-state index is -4.21. The summed E-state index contributed by atoms with van der Waals surface area (Å²) in [5.74, 6) is 0. The molecule has 0 amide bonds. The third kappa shape index (κ3) is 2.86. The molecule has 1 N–H and O–H groups in total. The second-order valence-electron chi connectivity index (χ2n) is 5.19. The fourth-order valence-corrected chi connectivity index (χ4v) is 3.67. The molecule has 1 saturated carbocycles. The van der Waals surface area contributed by atoms with Gasteiger partial charge in [0.1, 0.15) is 6.54 Å². The largest absolute Gasteiger partial charge is 0.406 e. The Hall–Kier alpha value is -0.820. The van der Waals surface area contributed by atoms with E-state index in [1.165, 1.54) is 16.2 Å². The summed E-state index contributed by atoms with van der Waals surface area (Å²) >= 11 is 1.31. The second-order valence-corrected chi connectivity index (χ2v) is 6.25. The highest BCUT2D eigenvalue weighted by molar-refractivity contribution is 7.15. The Kier molecular flexibility index (Phi) is 3.21. The zero-order valence-corrected chi connectivity index (χ0v) is 11.1. The number of aliphatic hydroxyl groups excluding tert-OH is 1. The number of alkyl halides is 3. The Bertz CT molecular complexity index is 470. The maximum absolute atomic E-state index is 12.6. The van der Waals surface area contributed by atoms with Gasteiger partial charge in [0.15, 0.2) is 5.13 Å². The van der Waals surface area contributed by atoms with Crippen molar-refractivity contribution in [1.82, 2.24) is 4.98 Å². The molecule has 0 aliphatic heterocycles. The Balaban J connectivity index is 1.86. The number of anilines is 1. The van der Waals surface area contributed by atoms with Gasteiger partial charge < -0.3 is 10.0 Å². The van der Waals surface area contributed by atoms with E-state index in [1.807, 2.05) is 0 Å². The molecule has 106 valence electrons. The van der Waals surface area contributed by atoms with Crippen LogP contribution in [-0.4, -0.2) is 28.9 Å². The van der Waals surface area contributed by atoms with Gasteiger partial charge >= 0.3 is 6.18 Å². The van der Waals surface area contributed by atoms with Crippen LogP contribution in [0.4, 0.5) is 18.3 Å². The van der Waals surface area contributed by atoms with E-state index in [2.05, 4.69) is 4.98 Å². The van der Waals surface area contributed by atoms with Gasteiger partial charge in [0, 0.05) is 10.9 Å². The lowest BCUT2D eigenvalue weighted by Gasteiger charge is -2.22. The number of rotatable bonds is 3. The summed E-state index contributed by atoms with van der Waals surface area (Å²) in [7, 11) is 0. The molecule has 1 heterocycles. The number of nitrogens with zero attached hydrogens (tertiary/aromatic N) is 2. The van der Waals surface area contributed by atoms with Crippen LogP contribution in [0.5, 0.6) is 0 Å². The van der Waals surface area contributed by atoms with Crippen molar-refractivity contribution >= 4 is 16.5 Å². The van der Waals surface area contributed by atoms with Gasteiger partial charge in [-0.3, -0.25) is 0 Å². The van der Waals surface area contributed by atoms with Crippen molar-refractivity contribution in [3.05, 3.63) is 10.6 Å². The quantitative estimate of drug-likeness (QED) is 0.930. The van der Waals surface area contributed by atoms with Gasteiger partial charge in [-0.25, -0.2) is 4.98 Å². The van der Waals surface area contributed by atoms with E-state index in [4.69, 9.17) is 0 Å². The van der Waals surface area contributed by atoms with Crippen LogP contribution in [0.15, 0.2) is 0 Å². The summed E-state index contributed by atoms with van der Waals surface area (Å²) < 4.78 is 37.9. The van der Waals surface area contributed by atoms with Crippen LogP contribution in [0, 0.1) is 0 Å². The van der Waals surface area contributed by atoms with Gasteiger partial charge in [0.2, 0.25) is 0 Å². The fraction of sp³-hybridized carbons (Fsp3) is 0.750. The van der Waals surface area contributed by atoms with Crippen LogP contribution in [0.2, 0.25) is 0 Å². The first-order valence-corrected chi connectivity index (χ1v) is 7.27. The van der Waals surface area contributed by atoms with Crippen molar-refractivity contribution in [3.63, 3.8) is 0 Å². The van der Waals surface area contributed by atoms with Gasteiger partial charge in [-0.2, -0.15) is 13.2 Å². The van der Waals surface area contributed by atoms with Crippen molar-refractivity contribution in [2.45, 2.75) is 50.4 Å². The molecule has 7 heteroatoms. The summed E-state index contributed by atoms with van der Waals surface area (Å²) in [5, 5.41) is 10.3. The molecule has 1 fully saturated rings. The number of aromatic nitrogens is 1. The van der Waals surface area contributed by atoms with E-state index >= 15 is 0 Å². The third-order valence-corrected chi connectivity index (χ3v) is 4.66. The standard InChI is InChI=1S/C12H15F3N2OS/c13-12(14,15)6-17(7-4-5-7)11-16-10-8(18)2-1-3-9(10)19-11/h7-8,18H,1-6H2. The molecule has 2 aliphatic rings. The molecule has 0 spiro atoms. The first-order valence-electron chi connectivity index (χ1n) is 6.45. The van der Waals surface area contributed by atoms with E-state index in [-0.39, 0.29) is 6.04 Å². The molecule has 0 radical (unpaired) electrons. The summed E-state index contributed by atoms with van der Waals surface area (Å²) in [5.41, 5.74) is 0.596. The topological polar surface area (TPSA) is 36.4 Å². The van der Waals surface area contributed by atoms with Crippen LogP contribution in [0.25, 0.3) is 0 Å². The van der Waals surface area contributed by atoms with Gasteiger partial charge in [0.05, 0.1) is 11.8 Å². The summed E-state index contributed by atoms with van der Waals surface area (Å²) in [6.45, 7) is -0.944. The van der Waals surface area contributed by atoms with E-state index in [9.17, 15) is 18.3 Å². The molecule has 0 bridgehead atoms. The fourth-order valence-electron chi connectivity index (χ4n) is 2.44. The number of aliphatic hydroxyl groups is 1. The highest BCUT2D eigenvalue weighted by Crippen LogP contribution is 2.41. The minimum absolute atomic E-state index is 0.0358. The van der Waals surface area contributed by atoms with E-state index < -0.39 is 18.8 Å². The predicted octanol–water partition coefficient (Wildman–Crippen LogP) is 3.04. The number of thiazole rings is 1. The lowest BCUT2D eigenvalue weighted by Crippen LogP contribution is -2.35. The number of halogens is 3. The number of aryl methyl sites for hydroxylation is 1.